The Morgan fingerprint density at radius 3 is 2.60 bits per heavy atom. The highest BCUT2D eigenvalue weighted by Crippen LogP contribution is 2.17. The first kappa shape index (κ1) is 14.5. The van der Waals surface area contributed by atoms with Crippen LogP contribution in [-0.4, -0.2) is 18.1 Å². The Hall–Kier alpha value is -1.87. The standard InChI is InChI=1S/C17H22N2O/c1-3-18-14(2)15-7-9-17(10-8-15)20-13-11-16-6-4-5-12-19-16/h4-10,12,14,18H,3,11,13H2,1-2H3. The van der Waals surface area contributed by atoms with Gasteiger partial charge in [0, 0.05) is 24.4 Å². The molecule has 0 aliphatic carbocycles. The number of aromatic nitrogens is 1. The molecule has 0 saturated heterocycles. The first-order valence-corrected chi connectivity index (χ1v) is 7.15. The van der Waals surface area contributed by atoms with Crippen LogP contribution in [0, 0.1) is 0 Å². The van der Waals surface area contributed by atoms with E-state index < -0.39 is 0 Å². The van der Waals surface area contributed by atoms with E-state index in [1.807, 2.05) is 36.5 Å². The fourth-order valence-corrected chi connectivity index (χ4v) is 2.10. The second-order valence-electron chi connectivity index (χ2n) is 4.77. The summed E-state index contributed by atoms with van der Waals surface area (Å²) in [5.41, 5.74) is 2.34. The van der Waals surface area contributed by atoms with Crippen LogP contribution in [0.1, 0.15) is 31.1 Å². The Morgan fingerprint density at radius 2 is 1.95 bits per heavy atom. The van der Waals surface area contributed by atoms with Crippen LogP contribution in [0.5, 0.6) is 5.75 Å². The van der Waals surface area contributed by atoms with Gasteiger partial charge in [0.25, 0.3) is 0 Å². The van der Waals surface area contributed by atoms with E-state index in [9.17, 15) is 0 Å². The van der Waals surface area contributed by atoms with E-state index in [0.29, 0.717) is 12.6 Å². The lowest BCUT2D eigenvalue weighted by atomic mass is 10.1. The van der Waals surface area contributed by atoms with Gasteiger partial charge in [-0.05, 0) is 43.3 Å². The van der Waals surface area contributed by atoms with E-state index in [-0.39, 0.29) is 0 Å². The van der Waals surface area contributed by atoms with Crippen molar-refractivity contribution in [2.24, 2.45) is 0 Å². The molecule has 1 heterocycles. The summed E-state index contributed by atoms with van der Waals surface area (Å²) in [5, 5.41) is 3.40. The number of pyridine rings is 1. The number of nitrogens with zero attached hydrogens (tertiary/aromatic N) is 1. The maximum Gasteiger partial charge on any atom is 0.119 e. The first-order chi connectivity index (χ1) is 9.79. The smallest absolute Gasteiger partial charge is 0.119 e. The van der Waals surface area contributed by atoms with Crippen LogP contribution in [0.15, 0.2) is 48.7 Å². The molecule has 2 aromatic rings. The van der Waals surface area contributed by atoms with Gasteiger partial charge >= 0.3 is 0 Å². The summed E-state index contributed by atoms with van der Waals surface area (Å²) >= 11 is 0. The van der Waals surface area contributed by atoms with Crippen molar-refractivity contribution in [3.05, 3.63) is 59.9 Å². The molecule has 3 nitrogen and oxygen atoms in total. The van der Waals surface area contributed by atoms with Crippen molar-refractivity contribution in [3.63, 3.8) is 0 Å². The van der Waals surface area contributed by atoms with Gasteiger partial charge in [0.2, 0.25) is 0 Å². The van der Waals surface area contributed by atoms with Gasteiger partial charge in [-0.2, -0.15) is 0 Å². The third-order valence-electron chi connectivity index (χ3n) is 3.24. The Kier molecular flexibility index (Phi) is 5.56. The normalized spacial score (nSPS) is 12.1. The molecule has 1 unspecified atom stereocenters. The summed E-state index contributed by atoms with van der Waals surface area (Å²) in [7, 11) is 0. The molecule has 20 heavy (non-hydrogen) atoms. The molecule has 0 bridgehead atoms. The molecule has 1 aromatic carbocycles. The topological polar surface area (TPSA) is 34.1 Å². The quantitative estimate of drug-likeness (QED) is 0.837. The number of benzene rings is 1. The van der Waals surface area contributed by atoms with E-state index in [1.54, 1.807) is 0 Å². The lowest BCUT2D eigenvalue weighted by Gasteiger charge is -2.13. The van der Waals surface area contributed by atoms with Gasteiger partial charge in [-0.15, -0.1) is 0 Å². The fourth-order valence-electron chi connectivity index (χ4n) is 2.10. The van der Waals surface area contributed by atoms with Crippen molar-refractivity contribution in [1.82, 2.24) is 10.3 Å². The number of hydrogen-bond acceptors (Lipinski definition) is 3. The maximum atomic E-state index is 5.74. The predicted molar refractivity (Wildman–Crippen MR) is 82.0 cm³/mol. The SMILES string of the molecule is CCNC(C)c1ccc(OCCc2ccccn2)cc1. The largest absolute Gasteiger partial charge is 0.493 e. The number of ether oxygens (including phenoxy) is 1. The van der Waals surface area contributed by atoms with Crippen LogP contribution < -0.4 is 10.1 Å². The van der Waals surface area contributed by atoms with Crippen LogP contribution in [0.3, 0.4) is 0 Å². The van der Waals surface area contributed by atoms with Gasteiger partial charge < -0.3 is 10.1 Å². The van der Waals surface area contributed by atoms with E-state index in [4.69, 9.17) is 4.74 Å². The van der Waals surface area contributed by atoms with Gasteiger partial charge in [0.05, 0.1) is 6.61 Å². The zero-order valence-electron chi connectivity index (χ0n) is 12.2. The molecule has 3 heteroatoms. The van der Waals surface area contributed by atoms with E-state index in [1.165, 1.54) is 5.56 Å². The van der Waals surface area contributed by atoms with Crippen molar-refractivity contribution in [2.45, 2.75) is 26.3 Å². The maximum absolute atomic E-state index is 5.74. The Bertz CT molecular complexity index is 496. The van der Waals surface area contributed by atoms with Crippen LogP contribution in [0.25, 0.3) is 0 Å². The lowest BCUT2D eigenvalue weighted by Crippen LogP contribution is -2.17. The number of hydrogen-bond donors (Lipinski definition) is 1. The predicted octanol–water partition coefficient (Wildman–Crippen LogP) is 3.37. The summed E-state index contributed by atoms with van der Waals surface area (Å²) in [6.45, 7) is 5.91. The molecule has 1 aromatic heterocycles. The molecule has 0 saturated carbocycles. The van der Waals surface area contributed by atoms with Crippen LogP contribution in [0.4, 0.5) is 0 Å². The van der Waals surface area contributed by atoms with Crippen LogP contribution in [0.2, 0.25) is 0 Å². The Morgan fingerprint density at radius 1 is 1.15 bits per heavy atom. The minimum absolute atomic E-state index is 0.377. The average molecular weight is 270 g/mol. The van der Waals surface area contributed by atoms with Crippen molar-refractivity contribution in [3.8, 4) is 5.75 Å². The summed E-state index contributed by atoms with van der Waals surface area (Å²) in [5.74, 6) is 0.911. The van der Waals surface area contributed by atoms with Crippen molar-refractivity contribution in [1.29, 1.82) is 0 Å². The van der Waals surface area contributed by atoms with Crippen molar-refractivity contribution in [2.75, 3.05) is 13.2 Å². The van der Waals surface area contributed by atoms with Gasteiger partial charge in [-0.3, -0.25) is 4.98 Å². The highest BCUT2D eigenvalue weighted by atomic mass is 16.5. The second kappa shape index (κ2) is 7.65. The minimum atomic E-state index is 0.377. The van der Waals surface area contributed by atoms with Gasteiger partial charge in [-0.25, -0.2) is 0 Å². The van der Waals surface area contributed by atoms with Gasteiger partial charge in [-0.1, -0.05) is 25.1 Å². The molecule has 0 radical (unpaired) electrons. The van der Waals surface area contributed by atoms with Crippen LogP contribution in [-0.2, 0) is 6.42 Å². The molecule has 0 aliphatic heterocycles. The number of nitrogens with one attached hydrogen (secondary N) is 1. The zero-order chi connectivity index (χ0) is 14.2. The summed E-state index contributed by atoms with van der Waals surface area (Å²) in [6.07, 6.45) is 2.64. The van der Waals surface area contributed by atoms with E-state index in [2.05, 4.69) is 36.3 Å². The second-order valence-corrected chi connectivity index (χ2v) is 4.77. The molecule has 0 amide bonds. The zero-order valence-corrected chi connectivity index (χ0v) is 12.2. The highest BCUT2D eigenvalue weighted by Gasteiger charge is 2.03. The lowest BCUT2D eigenvalue weighted by molar-refractivity contribution is 0.320. The molecular formula is C17H22N2O. The molecule has 1 N–H and O–H groups in total. The average Bonchev–Trinajstić information content (AvgIpc) is 2.49. The third-order valence-corrected chi connectivity index (χ3v) is 3.24. The fraction of sp³-hybridized carbons (Fsp3) is 0.353. The minimum Gasteiger partial charge on any atom is -0.493 e. The molecule has 2 rings (SSSR count). The molecule has 106 valence electrons. The summed E-state index contributed by atoms with van der Waals surface area (Å²) < 4.78 is 5.74. The molecular weight excluding hydrogens is 248 g/mol. The Labute approximate surface area is 121 Å². The van der Waals surface area contributed by atoms with Crippen molar-refractivity contribution < 1.29 is 4.74 Å². The van der Waals surface area contributed by atoms with Gasteiger partial charge in [0.1, 0.15) is 5.75 Å². The third kappa shape index (κ3) is 4.35. The highest BCUT2D eigenvalue weighted by molar-refractivity contribution is 5.29. The van der Waals surface area contributed by atoms with Crippen molar-refractivity contribution >= 4 is 0 Å². The molecule has 0 aliphatic rings. The summed E-state index contributed by atoms with van der Waals surface area (Å²) in [6, 6.07) is 14.6. The summed E-state index contributed by atoms with van der Waals surface area (Å²) in [4.78, 5) is 4.28. The monoisotopic (exact) mass is 270 g/mol. The van der Waals surface area contributed by atoms with E-state index >= 15 is 0 Å². The van der Waals surface area contributed by atoms with Crippen LogP contribution >= 0.6 is 0 Å². The van der Waals surface area contributed by atoms with Gasteiger partial charge in [0.15, 0.2) is 0 Å². The molecule has 0 fully saturated rings. The van der Waals surface area contributed by atoms with E-state index in [0.717, 1.165) is 24.4 Å². The molecule has 1 atom stereocenters. The number of rotatable bonds is 7. The molecule has 0 spiro atoms. The first-order valence-electron chi connectivity index (χ1n) is 7.15. The Balaban J connectivity index is 1.82.